The molecule has 1 atom stereocenters. The van der Waals surface area contributed by atoms with Gasteiger partial charge in [0.15, 0.2) is 0 Å². The molecule has 0 saturated heterocycles. The van der Waals surface area contributed by atoms with Gasteiger partial charge in [0.2, 0.25) is 0 Å². The van der Waals surface area contributed by atoms with E-state index in [2.05, 4.69) is 41.4 Å². The molecule has 3 N–H and O–H groups in total. The Labute approximate surface area is 109 Å². The molecule has 0 amide bonds. The summed E-state index contributed by atoms with van der Waals surface area (Å²) in [5.41, 5.74) is 0.123. The molecule has 1 aromatic heterocycles. The fraction of sp³-hybridized carbons (Fsp3) is 0.692. The van der Waals surface area contributed by atoms with E-state index in [1.165, 1.54) is 0 Å². The van der Waals surface area contributed by atoms with Crippen molar-refractivity contribution in [3.63, 3.8) is 0 Å². The molecule has 0 fully saturated rings. The molecule has 5 heteroatoms. The molecule has 0 spiro atoms. The zero-order valence-electron chi connectivity index (χ0n) is 11.7. The highest BCUT2D eigenvalue weighted by Crippen LogP contribution is 2.20. The van der Waals surface area contributed by atoms with Gasteiger partial charge in [0.25, 0.3) is 0 Å². The van der Waals surface area contributed by atoms with Gasteiger partial charge in [0.1, 0.15) is 11.6 Å². The Hall–Kier alpha value is -1.36. The largest absolute Gasteiger partial charge is 0.391 e. The van der Waals surface area contributed by atoms with E-state index >= 15 is 0 Å². The first kappa shape index (κ1) is 14.7. The van der Waals surface area contributed by atoms with Crippen LogP contribution < -0.4 is 10.6 Å². The minimum Gasteiger partial charge on any atom is -0.391 e. The second kappa shape index (κ2) is 6.54. The molecule has 0 saturated carbocycles. The highest BCUT2D eigenvalue weighted by Gasteiger charge is 2.16. The highest BCUT2D eigenvalue weighted by molar-refractivity contribution is 5.41. The second-order valence-corrected chi connectivity index (χ2v) is 5.62. The summed E-state index contributed by atoms with van der Waals surface area (Å²) in [7, 11) is 0. The van der Waals surface area contributed by atoms with E-state index in [1.54, 1.807) is 12.4 Å². The number of anilines is 2. The fourth-order valence-corrected chi connectivity index (χ4v) is 1.72. The molecule has 0 bridgehead atoms. The maximum Gasteiger partial charge on any atom is 0.147 e. The van der Waals surface area contributed by atoms with Gasteiger partial charge in [-0.2, -0.15) is 0 Å². The van der Waals surface area contributed by atoms with E-state index in [0.29, 0.717) is 12.4 Å². The number of rotatable bonds is 6. The molecule has 1 heterocycles. The van der Waals surface area contributed by atoms with Crippen molar-refractivity contribution in [2.75, 3.05) is 23.7 Å². The highest BCUT2D eigenvalue weighted by atomic mass is 16.3. The third-order valence-electron chi connectivity index (χ3n) is 2.36. The molecule has 0 aliphatic carbocycles. The van der Waals surface area contributed by atoms with Gasteiger partial charge in [-0.05, 0) is 18.8 Å². The van der Waals surface area contributed by atoms with Crippen molar-refractivity contribution in [1.82, 2.24) is 9.97 Å². The van der Waals surface area contributed by atoms with Crippen LogP contribution in [-0.2, 0) is 0 Å². The number of aliphatic hydroxyl groups is 1. The zero-order chi connectivity index (χ0) is 13.6. The average Bonchev–Trinajstić information content (AvgIpc) is 2.25. The van der Waals surface area contributed by atoms with Crippen LogP contribution in [0.1, 0.15) is 34.1 Å². The van der Waals surface area contributed by atoms with Crippen molar-refractivity contribution < 1.29 is 5.11 Å². The summed E-state index contributed by atoms with van der Waals surface area (Å²) in [6.45, 7) is 9.65. The minimum atomic E-state index is -0.380. The molecule has 102 valence electrons. The molecule has 5 nitrogen and oxygen atoms in total. The van der Waals surface area contributed by atoms with Crippen molar-refractivity contribution in [1.29, 1.82) is 0 Å². The monoisotopic (exact) mass is 252 g/mol. The lowest BCUT2D eigenvalue weighted by molar-refractivity contribution is 0.132. The number of aliphatic hydroxyl groups excluding tert-OH is 1. The SMILES string of the molecule is CCNc1cncc(NCC(O)CC(C)(C)C)n1. The zero-order valence-corrected chi connectivity index (χ0v) is 11.7. The topological polar surface area (TPSA) is 70.1 Å². The predicted molar refractivity (Wildman–Crippen MR) is 74.8 cm³/mol. The quantitative estimate of drug-likeness (QED) is 0.723. The first-order valence-electron chi connectivity index (χ1n) is 6.38. The summed E-state index contributed by atoms with van der Waals surface area (Å²) in [6, 6.07) is 0. The smallest absolute Gasteiger partial charge is 0.147 e. The van der Waals surface area contributed by atoms with Gasteiger partial charge in [-0.15, -0.1) is 0 Å². The number of aromatic nitrogens is 2. The second-order valence-electron chi connectivity index (χ2n) is 5.62. The van der Waals surface area contributed by atoms with E-state index in [4.69, 9.17) is 0 Å². The lowest BCUT2D eigenvalue weighted by atomic mass is 9.89. The molecular formula is C13H24N4O. The molecule has 0 radical (unpaired) electrons. The average molecular weight is 252 g/mol. The summed E-state index contributed by atoms with van der Waals surface area (Å²) < 4.78 is 0. The van der Waals surface area contributed by atoms with E-state index in [0.717, 1.165) is 18.8 Å². The van der Waals surface area contributed by atoms with Crippen molar-refractivity contribution in [3.8, 4) is 0 Å². The number of hydrogen-bond acceptors (Lipinski definition) is 5. The Balaban J connectivity index is 2.45. The van der Waals surface area contributed by atoms with Crippen molar-refractivity contribution in [3.05, 3.63) is 12.4 Å². The third kappa shape index (κ3) is 5.82. The van der Waals surface area contributed by atoms with E-state index in [9.17, 15) is 5.11 Å². The van der Waals surface area contributed by atoms with Crippen LogP contribution in [0.5, 0.6) is 0 Å². The van der Waals surface area contributed by atoms with Gasteiger partial charge < -0.3 is 15.7 Å². The van der Waals surface area contributed by atoms with Gasteiger partial charge in [0, 0.05) is 13.1 Å². The molecule has 1 rings (SSSR count). The number of hydrogen-bond donors (Lipinski definition) is 3. The van der Waals surface area contributed by atoms with Gasteiger partial charge >= 0.3 is 0 Å². The molecule has 1 unspecified atom stereocenters. The van der Waals surface area contributed by atoms with Crippen LogP contribution in [-0.4, -0.2) is 34.3 Å². The van der Waals surface area contributed by atoms with E-state index in [1.807, 2.05) is 6.92 Å². The van der Waals surface area contributed by atoms with E-state index in [-0.39, 0.29) is 11.5 Å². The van der Waals surface area contributed by atoms with Gasteiger partial charge in [-0.3, -0.25) is 4.98 Å². The van der Waals surface area contributed by atoms with Crippen LogP contribution in [0.15, 0.2) is 12.4 Å². The Bertz CT molecular complexity index is 362. The first-order valence-corrected chi connectivity index (χ1v) is 6.38. The van der Waals surface area contributed by atoms with Crippen LogP contribution in [0.3, 0.4) is 0 Å². The summed E-state index contributed by atoms with van der Waals surface area (Å²) in [6.07, 6.45) is 3.71. The van der Waals surface area contributed by atoms with Crippen LogP contribution >= 0.6 is 0 Å². The summed E-state index contributed by atoms with van der Waals surface area (Å²) in [5.74, 6) is 1.43. The van der Waals surface area contributed by atoms with Crippen LogP contribution in [0.4, 0.5) is 11.6 Å². The van der Waals surface area contributed by atoms with Crippen LogP contribution in [0, 0.1) is 5.41 Å². The molecular weight excluding hydrogens is 228 g/mol. The molecule has 0 aliphatic heterocycles. The van der Waals surface area contributed by atoms with Gasteiger partial charge in [0.05, 0.1) is 18.5 Å². The van der Waals surface area contributed by atoms with Crippen molar-refractivity contribution >= 4 is 11.6 Å². The third-order valence-corrected chi connectivity index (χ3v) is 2.36. The summed E-state index contributed by atoms with van der Waals surface area (Å²) >= 11 is 0. The normalized spacial score (nSPS) is 13.2. The lowest BCUT2D eigenvalue weighted by Crippen LogP contribution is -2.25. The van der Waals surface area contributed by atoms with Gasteiger partial charge in [-0.25, -0.2) is 4.98 Å². The maximum absolute atomic E-state index is 9.89. The number of nitrogens with one attached hydrogen (secondary N) is 2. The Morgan fingerprint density at radius 1 is 1.22 bits per heavy atom. The standard InChI is InChI=1S/C13H24N4O/c1-5-15-11-8-14-9-12(17-11)16-7-10(18)6-13(2,3)4/h8-10,18H,5-7H2,1-4H3,(H2,15,16,17). The Kier molecular flexibility index (Phi) is 5.34. The Morgan fingerprint density at radius 2 is 1.83 bits per heavy atom. The van der Waals surface area contributed by atoms with Crippen LogP contribution in [0.2, 0.25) is 0 Å². The van der Waals surface area contributed by atoms with Crippen LogP contribution in [0.25, 0.3) is 0 Å². The van der Waals surface area contributed by atoms with Crippen molar-refractivity contribution in [2.45, 2.75) is 40.2 Å². The maximum atomic E-state index is 9.89. The minimum absolute atomic E-state index is 0.123. The van der Waals surface area contributed by atoms with Gasteiger partial charge in [-0.1, -0.05) is 20.8 Å². The van der Waals surface area contributed by atoms with E-state index < -0.39 is 0 Å². The lowest BCUT2D eigenvalue weighted by Gasteiger charge is -2.22. The summed E-state index contributed by atoms with van der Waals surface area (Å²) in [5, 5.41) is 16.1. The molecule has 0 aromatic carbocycles. The Morgan fingerprint density at radius 3 is 2.39 bits per heavy atom. The summed E-state index contributed by atoms with van der Waals surface area (Å²) in [4.78, 5) is 8.42. The molecule has 0 aliphatic rings. The van der Waals surface area contributed by atoms with Crippen molar-refractivity contribution in [2.24, 2.45) is 5.41 Å². The fourth-order valence-electron chi connectivity index (χ4n) is 1.72. The first-order chi connectivity index (χ1) is 8.40. The molecule has 18 heavy (non-hydrogen) atoms. The number of nitrogens with zero attached hydrogens (tertiary/aromatic N) is 2. The molecule has 1 aromatic rings. The predicted octanol–water partition coefficient (Wildman–Crippen LogP) is 2.12.